The van der Waals surface area contributed by atoms with Gasteiger partial charge in [-0.1, -0.05) is 73.1 Å². The minimum Gasteiger partial charge on any atom is -0.481 e. The highest BCUT2D eigenvalue weighted by Crippen LogP contribution is 2.32. The number of hydrogen-bond acceptors (Lipinski definition) is 5. The van der Waals surface area contributed by atoms with Gasteiger partial charge in [-0.05, 0) is 49.1 Å². The van der Waals surface area contributed by atoms with Crippen molar-refractivity contribution in [1.29, 1.82) is 0 Å². The highest BCUT2D eigenvalue weighted by atomic mass is 35.5. The number of carbonyl (C=O) groups is 1. The van der Waals surface area contributed by atoms with Gasteiger partial charge in [0.2, 0.25) is 5.91 Å². The third-order valence-corrected chi connectivity index (χ3v) is 6.71. The molecule has 1 N–H and O–H groups in total. The fraction of sp³-hybridized carbons (Fsp3) is 0.320. The molecular formula is C25H28Cl2N4O2S. The first-order chi connectivity index (χ1) is 16.4. The van der Waals surface area contributed by atoms with Gasteiger partial charge in [0, 0.05) is 17.3 Å². The molecule has 1 atom stereocenters. The number of nitrogens with one attached hydrogen (secondary N) is 1. The number of ether oxygens (including phenoxy) is 1. The number of allylic oxidation sites excluding steroid dienone is 1. The van der Waals surface area contributed by atoms with Gasteiger partial charge in [0.25, 0.3) is 0 Å². The summed E-state index contributed by atoms with van der Waals surface area (Å²) in [5.41, 5.74) is 3.16. The van der Waals surface area contributed by atoms with Gasteiger partial charge >= 0.3 is 0 Å². The summed E-state index contributed by atoms with van der Waals surface area (Å²) in [6, 6.07) is 11.2. The topological polar surface area (TPSA) is 69.0 Å². The number of benzene rings is 2. The maximum absolute atomic E-state index is 12.8. The molecule has 34 heavy (non-hydrogen) atoms. The monoisotopic (exact) mass is 518 g/mol. The third-order valence-electron chi connectivity index (χ3n) is 5.21. The number of para-hydroxylation sites is 1. The van der Waals surface area contributed by atoms with Gasteiger partial charge in [-0.2, -0.15) is 0 Å². The molecule has 1 aromatic heterocycles. The number of amides is 1. The molecule has 0 saturated heterocycles. The van der Waals surface area contributed by atoms with Crippen LogP contribution in [0.15, 0.2) is 54.2 Å². The van der Waals surface area contributed by atoms with Crippen molar-refractivity contribution < 1.29 is 9.53 Å². The zero-order valence-corrected chi connectivity index (χ0v) is 21.8. The predicted molar refractivity (Wildman–Crippen MR) is 140 cm³/mol. The van der Waals surface area contributed by atoms with Crippen molar-refractivity contribution in [2.75, 3.05) is 11.1 Å². The van der Waals surface area contributed by atoms with E-state index in [2.05, 4.69) is 35.9 Å². The second-order valence-corrected chi connectivity index (χ2v) is 9.36. The van der Waals surface area contributed by atoms with E-state index in [4.69, 9.17) is 27.9 Å². The molecule has 0 bridgehead atoms. The molecule has 1 amide bonds. The summed E-state index contributed by atoms with van der Waals surface area (Å²) in [6.45, 7) is 10.3. The van der Waals surface area contributed by atoms with E-state index in [1.54, 1.807) is 24.3 Å². The van der Waals surface area contributed by atoms with Crippen molar-refractivity contribution in [2.24, 2.45) is 0 Å². The first-order valence-electron chi connectivity index (χ1n) is 11.1. The Morgan fingerprint density at radius 1 is 1.21 bits per heavy atom. The number of anilines is 1. The molecule has 0 aliphatic heterocycles. The van der Waals surface area contributed by atoms with Crippen LogP contribution in [0.25, 0.3) is 0 Å². The van der Waals surface area contributed by atoms with Gasteiger partial charge in [0.1, 0.15) is 5.75 Å². The Kier molecular flexibility index (Phi) is 9.45. The lowest BCUT2D eigenvalue weighted by molar-refractivity contribution is -0.113. The fourth-order valence-corrected chi connectivity index (χ4v) is 4.74. The molecule has 1 heterocycles. The van der Waals surface area contributed by atoms with Gasteiger partial charge in [0.05, 0.1) is 10.8 Å². The molecule has 2 aromatic carbocycles. The van der Waals surface area contributed by atoms with Gasteiger partial charge < -0.3 is 10.1 Å². The van der Waals surface area contributed by atoms with Crippen molar-refractivity contribution in [2.45, 2.75) is 51.4 Å². The Morgan fingerprint density at radius 2 is 1.91 bits per heavy atom. The van der Waals surface area contributed by atoms with E-state index in [1.807, 2.05) is 29.7 Å². The molecule has 3 aromatic rings. The van der Waals surface area contributed by atoms with Crippen LogP contribution in [0.1, 0.15) is 43.8 Å². The highest BCUT2D eigenvalue weighted by molar-refractivity contribution is 7.99. The molecule has 9 heteroatoms. The first-order valence-corrected chi connectivity index (χ1v) is 12.8. The van der Waals surface area contributed by atoms with Gasteiger partial charge in [0.15, 0.2) is 17.1 Å². The van der Waals surface area contributed by atoms with Crippen LogP contribution in [-0.2, 0) is 24.2 Å². The Balaban J connectivity index is 1.72. The number of nitrogens with zero attached hydrogens (tertiary/aromatic N) is 3. The number of aryl methyl sites for hydroxylation is 2. The van der Waals surface area contributed by atoms with Crippen molar-refractivity contribution in [3.63, 3.8) is 0 Å². The summed E-state index contributed by atoms with van der Waals surface area (Å²) >= 11 is 13.5. The average molecular weight is 519 g/mol. The van der Waals surface area contributed by atoms with E-state index in [9.17, 15) is 4.79 Å². The van der Waals surface area contributed by atoms with Crippen molar-refractivity contribution >= 4 is 46.6 Å². The van der Waals surface area contributed by atoms with Crippen LogP contribution < -0.4 is 10.1 Å². The Hall–Kier alpha value is -2.48. The first kappa shape index (κ1) is 26.1. The molecule has 0 fully saturated rings. The van der Waals surface area contributed by atoms with Crippen LogP contribution in [0.2, 0.25) is 10.0 Å². The molecule has 0 aliphatic rings. The molecule has 3 rings (SSSR count). The van der Waals surface area contributed by atoms with Gasteiger partial charge in [-0.3, -0.25) is 9.36 Å². The van der Waals surface area contributed by atoms with Crippen molar-refractivity contribution in [3.8, 4) is 5.75 Å². The third kappa shape index (κ3) is 6.34. The SMILES string of the molecule is C=CCn1c(SCC(=O)Nc2c(CC)cccc2CC)nnc1C(C)Oc1ccc(Cl)cc1Cl. The molecule has 0 radical (unpaired) electrons. The van der Waals surface area contributed by atoms with Crippen LogP contribution in [0.3, 0.4) is 0 Å². The lowest BCUT2D eigenvalue weighted by Crippen LogP contribution is -2.17. The van der Waals surface area contributed by atoms with E-state index < -0.39 is 6.10 Å². The zero-order chi connectivity index (χ0) is 24.7. The van der Waals surface area contributed by atoms with Gasteiger partial charge in [-0.15, -0.1) is 16.8 Å². The van der Waals surface area contributed by atoms with E-state index in [1.165, 1.54) is 11.8 Å². The molecule has 0 saturated carbocycles. The number of halogens is 2. The number of carbonyl (C=O) groups excluding carboxylic acids is 1. The summed E-state index contributed by atoms with van der Waals surface area (Å²) in [6.07, 6.45) is 3.02. The minimum atomic E-state index is -0.433. The highest BCUT2D eigenvalue weighted by Gasteiger charge is 2.21. The van der Waals surface area contributed by atoms with Crippen molar-refractivity contribution in [3.05, 3.63) is 76.0 Å². The molecule has 0 spiro atoms. The zero-order valence-electron chi connectivity index (χ0n) is 19.5. The van der Waals surface area contributed by atoms with E-state index >= 15 is 0 Å². The quantitative estimate of drug-likeness (QED) is 0.224. The van der Waals surface area contributed by atoms with E-state index in [0.717, 1.165) is 29.7 Å². The molecule has 180 valence electrons. The predicted octanol–water partition coefficient (Wildman–Crippen LogP) is 6.77. The largest absolute Gasteiger partial charge is 0.481 e. The Labute approximate surface area is 214 Å². The minimum absolute atomic E-state index is 0.0902. The maximum atomic E-state index is 12.8. The maximum Gasteiger partial charge on any atom is 0.234 e. The van der Waals surface area contributed by atoms with Crippen LogP contribution in [0, 0.1) is 0 Å². The summed E-state index contributed by atoms with van der Waals surface area (Å²) in [5.74, 6) is 1.22. The Morgan fingerprint density at radius 3 is 2.53 bits per heavy atom. The molecule has 1 unspecified atom stereocenters. The average Bonchev–Trinajstić information content (AvgIpc) is 3.22. The normalized spacial score (nSPS) is 11.8. The Bertz CT molecular complexity index is 1140. The van der Waals surface area contributed by atoms with Crippen molar-refractivity contribution in [1.82, 2.24) is 14.8 Å². The summed E-state index contributed by atoms with van der Waals surface area (Å²) in [5, 5.41) is 13.3. The molecule has 6 nitrogen and oxygen atoms in total. The smallest absolute Gasteiger partial charge is 0.234 e. The van der Waals surface area contributed by atoms with E-state index in [-0.39, 0.29) is 11.7 Å². The molecular weight excluding hydrogens is 491 g/mol. The standard InChI is InChI=1S/C25H28Cl2N4O2S/c1-5-13-31-24(16(4)33-21-12-11-19(26)14-20(21)27)29-30-25(31)34-15-22(32)28-23-17(6-2)9-8-10-18(23)7-3/h5,8-12,14,16H,1,6-7,13,15H2,2-4H3,(H,28,32). The lowest BCUT2D eigenvalue weighted by atomic mass is 10.0. The second kappa shape index (κ2) is 12.3. The van der Waals surface area contributed by atoms with Crippen LogP contribution in [0.5, 0.6) is 5.75 Å². The number of thioether (sulfide) groups is 1. The molecule has 0 aliphatic carbocycles. The van der Waals surface area contributed by atoms with Gasteiger partial charge in [-0.25, -0.2) is 0 Å². The van der Waals surface area contributed by atoms with Crippen LogP contribution >= 0.6 is 35.0 Å². The van der Waals surface area contributed by atoms with Crippen LogP contribution in [0.4, 0.5) is 5.69 Å². The number of hydrogen-bond donors (Lipinski definition) is 1. The number of rotatable bonds is 11. The second-order valence-electron chi connectivity index (χ2n) is 7.57. The van der Waals surface area contributed by atoms with Crippen LogP contribution in [-0.4, -0.2) is 26.4 Å². The fourth-order valence-electron chi connectivity index (χ4n) is 3.53. The van der Waals surface area contributed by atoms with E-state index in [0.29, 0.717) is 33.3 Å². The summed E-state index contributed by atoms with van der Waals surface area (Å²) in [4.78, 5) is 12.8. The number of aromatic nitrogens is 3. The lowest BCUT2D eigenvalue weighted by Gasteiger charge is -2.17. The summed E-state index contributed by atoms with van der Waals surface area (Å²) in [7, 11) is 0. The summed E-state index contributed by atoms with van der Waals surface area (Å²) < 4.78 is 7.89.